The number of rotatable bonds is 3. The van der Waals surface area contributed by atoms with E-state index < -0.39 is 21.7 Å². The molecule has 2 N–H and O–H groups in total. The molecule has 0 aliphatic rings. The monoisotopic (exact) mass is 227 g/mol. The van der Waals surface area contributed by atoms with Gasteiger partial charge in [0.25, 0.3) is 0 Å². The molecule has 0 spiro atoms. The zero-order valence-corrected chi connectivity index (χ0v) is 9.41. The van der Waals surface area contributed by atoms with Crippen molar-refractivity contribution in [1.82, 2.24) is 0 Å². The zero-order chi connectivity index (χ0) is 11.6. The van der Waals surface area contributed by atoms with E-state index in [1.54, 1.807) is 19.1 Å². The fourth-order valence-electron chi connectivity index (χ4n) is 1.17. The second-order valence-electron chi connectivity index (χ2n) is 3.47. The molecule has 82 valence electrons. The van der Waals surface area contributed by atoms with E-state index in [1.165, 1.54) is 12.1 Å². The van der Waals surface area contributed by atoms with Crippen LogP contribution >= 0.6 is 0 Å². The molecule has 1 atom stereocenters. The van der Waals surface area contributed by atoms with Gasteiger partial charge in [-0.25, -0.2) is 8.42 Å². The number of nitrogens with two attached hydrogens (primary N) is 1. The predicted molar refractivity (Wildman–Crippen MR) is 57.2 cm³/mol. The third kappa shape index (κ3) is 2.79. The van der Waals surface area contributed by atoms with E-state index in [9.17, 15) is 13.2 Å². The van der Waals surface area contributed by atoms with E-state index in [2.05, 4.69) is 0 Å². The predicted octanol–water partition coefficient (Wildman–Crippen LogP) is 0.679. The number of hydrogen-bond donors (Lipinski definition) is 1. The molecule has 0 saturated heterocycles. The topological polar surface area (TPSA) is 77.2 Å². The molecule has 0 aliphatic carbocycles. The Kier molecular flexibility index (Phi) is 3.14. The third-order valence-electron chi connectivity index (χ3n) is 2.24. The Morgan fingerprint density at radius 2 is 1.73 bits per heavy atom. The maximum Gasteiger partial charge on any atom is 0.224 e. The first-order valence-electron chi connectivity index (χ1n) is 4.41. The van der Waals surface area contributed by atoms with Gasteiger partial charge in [-0.15, -0.1) is 0 Å². The summed E-state index contributed by atoms with van der Waals surface area (Å²) in [6, 6.07) is 6.16. The molecule has 5 heteroatoms. The fraction of sp³-hybridized carbons (Fsp3) is 0.300. The minimum absolute atomic E-state index is 0.239. The van der Waals surface area contributed by atoms with Gasteiger partial charge in [0.05, 0.1) is 10.8 Å². The first kappa shape index (κ1) is 11.7. The molecule has 0 saturated carbocycles. The van der Waals surface area contributed by atoms with Crippen LogP contribution in [-0.4, -0.2) is 20.6 Å². The van der Waals surface area contributed by atoms with Gasteiger partial charge in [0.1, 0.15) is 0 Å². The van der Waals surface area contributed by atoms with Crippen LogP contribution in [0, 0.1) is 0 Å². The minimum atomic E-state index is -3.18. The quantitative estimate of drug-likeness (QED) is 0.824. The average molecular weight is 227 g/mol. The summed E-state index contributed by atoms with van der Waals surface area (Å²) in [6.45, 7) is 1.68. The van der Waals surface area contributed by atoms with E-state index in [0.717, 1.165) is 11.8 Å². The maximum atomic E-state index is 11.2. The second-order valence-corrected chi connectivity index (χ2v) is 5.48. The van der Waals surface area contributed by atoms with E-state index in [1.807, 2.05) is 0 Å². The van der Waals surface area contributed by atoms with Gasteiger partial charge >= 0.3 is 0 Å². The van der Waals surface area contributed by atoms with Crippen LogP contribution in [0.1, 0.15) is 18.4 Å². The van der Waals surface area contributed by atoms with Gasteiger partial charge in [-0.2, -0.15) is 0 Å². The summed E-state index contributed by atoms with van der Waals surface area (Å²) in [6.07, 6.45) is 1.14. The van der Waals surface area contributed by atoms with Gasteiger partial charge in [-0.3, -0.25) is 4.79 Å². The smallest absolute Gasteiger partial charge is 0.224 e. The minimum Gasteiger partial charge on any atom is -0.369 e. The molecular formula is C10H13NO3S. The lowest BCUT2D eigenvalue weighted by Gasteiger charge is -2.07. The Morgan fingerprint density at radius 1 is 1.27 bits per heavy atom. The van der Waals surface area contributed by atoms with Gasteiger partial charge < -0.3 is 5.73 Å². The van der Waals surface area contributed by atoms with Crippen molar-refractivity contribution in [3.63, 3.8) is 0 Å². The van der Waals surface area contributed by atoms with Crippen LogP contribution in [0.4, 0.5) is 0 Å². The van der Waals surface area contributed by atoms with Crippen molar-refractivity contribution in [2.45, 2.75) is 17.7 Å². The summed E-state index contributed by atoms with van der Waals surface area (Å²) in [4.78, 5) is 11.1. The molecule has 15 heavy (non-hydrogen) atoms. The van der Waals surface area contributed by atoms with Crippen molar-refractivity contribution < 1.29 is 13.2 Å². The van der Waals surface area contributed by atoms with E-state index >= 15 is 0 Å². The number of hydrogen-bond acceptors (Lipinski definition) is 3. The second kappa shape index (κ2) is 4.02. The SMILES string of the molecule is CC(C(N)=O)c1ccc(S(C)(=O)=O)cc1. The highest BCUT2D eigenvalue weighted by Crippen LogP contribution is 2.17. The van der Waals surface area contributed by atoms with Crippen LogP contribution in [0.25, 0.3) is 0 Å². The number of benzene rings is 1. The molecule has 1 aromatic carbocycles. The Labute approximate surface area is 89.0 Å². The Hall–Kier alpha value is -1.36. The largest absolute Gasteiger partial charge is 0.369 e. The van der Waals surface area contributed by atoms with Crippen LogP contribution in [0.15, 0.2) is 29.2 Å². The highest BCUT2D eigenvalue weighted by molar-refractivity contribution is 7.90. The van der Waals surface area contributed by atoms with Crippen molar-refractivity contribution in [3.05, 3.63) is 29.8 Å². The van der Waals surface area contributed by atoms with Gasteiger partial charge in [0.15, 0.2) is 9.84 Å². The van der Waals surface area contributed by atoms with Gasteiger partial charge in [0.2, 0.25) is 5.91 Å². The van der Waals surface area contributed by atoms with Crippen molar-refractivity contribution in [2.24, 2.45) is 5.73 Å². The Bertz CT molecular complexity index is 462. The molecule has 0 aromatic heterocycles. The normalized spacial score (nSPS) is 13.5. The van der Waals surface area contributed by atoms with Crippen molar-refractivity contribution in [3.8, 4) is 0 Å². The molecule has 0 aliphatic heterocycles. The first-order valence-corrected chi connectivity index (χ1v) is 6.31. The van der Waals surface area contributed by atoms with Gasteiger partial charge in [-0.1, -0.05) is 12.1 Å². The lowest BCUT2D eigenvalue weighted by atomic mass is 10.0. The summed E-state index contributed by atoms with van der Waals surface area (Å²) in [7, 11) is -3.18. The summed E-state index contributed by atoms with van der Waals surface area (Å²) in [5.74, 6) is -0.833. The van der Waals surface area contributed by atoms with Crippen LogP contribution in [0.5, 0.6) is 0 Å². The molecule has 0 fully saturated rings. The molecule has 1 rings (SSSR count). The Balaban J connectivity index is 3.06. The first-order chi connectivity index (χ1) is 6.82. The molecule has 0 radical (unpaired) electrons. The molecule has 4 nitrogen and oxygen atoms in total. The maximum absolute atomic E-state index is 11.2. The third-order valence-corrected chi connectivity index (χ3v) is 3.36. The number of primary amides is 1. The number of amides is 1. The molecule has 1 unspecified atom stereocenters. The number of sulfone groups is 1. The van der Waals surface area contributed by atoms with Crippen LogP contribution in [-0.2, 0) is 14.6 Å². The molecule has 1 amide bonds. The Morgan fingerprint density at radius 3 is 2.07 bits per heavy atom. The highest BCUT2D eigenvalue weighted by atomic mass is 32.2. The lowest BCUT2D eigenvalue weighted by Crippen LogP contribution is -2.18. The lowest BCUT2D eigenvalue weighted by molar-refractivity contribution is -0.119. The number of carbonyl (C=O) groups is 1. The summed E-state index contributed by atoms with van der Waals surface area (Å²) >= 11 is 0. The van der Waals surface area contributed by atoms with Crippen LogP contribution in [0.3, 0.4) is 0 Å². The van der Waals surface area contributed by atoms with Crippen LogP contribution < -0.4 is 5.73 Å². The van der Waals surface area contributed by atoms with E-state index in [-0.39, 0.29) is 4.90 Å². The van der Waals surface area contributed by atoms with Crippen molar-refractivity contribution in [1.29, 1.82) is 0 Å². The van der Waals surface area contributed by atoms with Crippen LogP contribution in [0.2, 0.25) is 0 Å². The van der Waals surface area contributed by atoms with E-state index in [4.69, 9.17) is 5.73 Å². The molecule has 1 aromatic rings. The summed E-state index contributed by atoms with van der Waals surface area (Å²) in [5.41, 5.74) is 5.85. The van der Waals surface area contributed by atoms with E-state index in [0.29, 0.717) is 0 Å². The van der Waals surface area contributed by atoms with Crippen molar-refractivity contribution >= 4 is 15.7 Å². The highest BCUT2D eigenvalue weighted by Gasteiger charge is 2.12. The summed E-state index contributed by atoms with van der Waals surface area (Å²) < 4.78 is 22.3. The molecule has 0 heterocycles. The van der Waals surface area contributed by atoms with Gasteiger partial charge in [0, 0.05) is 6.26 Å². The standard InChI is InChI=1S/C10H13NO3S/c1-7(10(11)12)8-3-5-9(6-4-8)15(2,13)14/h3-7H,1-2H3,(H2,11,12). The molecular weight excluding hydrogens is 214 g/mol. The molecule has 0 bridgehead atoms. The average Bonchev–Trinajstić information content (AvgIpc) is 2.15. The van der Waals surface area contributed by atoms with Gasteiger partial charge in [-0.05, 0) is 24.6 Å². The fourth-order valence-corrected chi connectivity index (χ4v) is 1.80. The number of carbonyl (C=O) groups excluding carboxylic acids is 1. The zero-order valence-electron chi connectivity index (χ0n) is 8.60. The van der Waals surface area contributed by atoms with Crippen molar-refractivity contribution in [2.75, 3.05) is 6.26 Å². The summed E-state index contributed by atoms with van der Waals surface area (Å²) in [5, 5.41) is 0.